The molecule has 0 bridgehead atoms. The van der Waals surface area contributed by atoms with Crippen LogP contribution in [0.15, 0.2) is 24.3 Å². The van der Waals surface area contributed by atoms with Gasteiger partial charge in [0.1, 0.15) is 0 Å². The Morgan fingerprint density at radius 2 is 1.24 bits per heavy atom. The van der Waals surface area contributed by atoms with Crippen LogP contribution in [0.5, 0.6) is 0 Å². The van der Waals surface area contributed by atoms with Crippen LogP contribution >= 0.6 is 0 Å². The van der Waals surface area contributed by atoms with E-state index in [-0.39, 0.29) is 11.8 Å². The average molecular weight is 296 g/mol. The molecule has 0 aliphatic rings. The highest BCUT2D eigenvalue weighted by Crippen LogP contribution is 1.93. The minimum Gasteiger partial charge on any atom is -0.381 e. The Kier molecular flexibility index (Phi) is 13.6. The normalized spacial score (nSPS) is 11.1. The molecule has 0 heterocycles. The van der Waals surface area contributed by atoms with Gasteiger partial charge in [0.05, 0.1) is 0 Å². The molecule has 0 aromatic heterocycles. The third kappa shape index (κ3) is 14.6. The lowest BCUT2D eigenvalue weighted by Gasteiger charge is -2.05. The van der Waals surface area contributed by atoms with E-state index in [0.29, 0.717) is 26.3 Å². The van der Waals surface area contributed by atoms with Crippen LogP contribution in [-0.4, -0.2) is 38.1 Å². The van der Waals surface area contributed by atoms with E-state index in [4.69, 9.17) is 4.74 Å². The van der Waals surface area contributed by atoms with Gasteiger partial charge in [-0.25, -0.2) is 0 Å². The van der Waals surface area contributed by atoms with E-state index < -0.39 is 0 Å². The van der Waals surface area contributed by atoms with E-state index in [9.17, 15) is 9.59 Å². The van der Waals surface area contributed by atoms with Gasteiger partial charge in [0.15, 0.2) is 0 Å². The summed E-state index contributed by atoms with van der Waals surface area (Å²) < 4.78 is 5.49. The predicted molar refractivity (Wildman–Crippen MR) is 84.9 cm³/mol. The molecule has 0 aliphatic carbocycles. The second-order valence-electron chi connectivity index (χ2n) is 4.61. The highest BCUT2D eigenvalue weighted by Gasteiger charge is 1.95. The maximum atomic E-state index is 11.1. The van der Waals surface area contributed by atoms with Gasteiger partial charge in [-0.2, -0.15) is 0 Å². The van der Waals surface area contributed by atoms with E-state index in [1.54, 1.807) is 12.2 Å². The first-order valence-electron chi connectivity index (χ1n) is 7.59. The largest absolute Gasteiger partial charge is 0.381 e. The van der Waals surface area contributed by atoms with E-state index in [2.05, 4.69) is 10.6 Å². The Hall–Kier alpha value is -1.62. The van der Waals surface area contributed by atoms with Crippen LogP contribution in [0.3, 0.4) is 0 Å². The van der Waals surface area contributed by atoms with Gasteiger partial charge in [-0.05, 0) is 51.7 Å². The molecule has 120 valence electrons. The predicted octanol–water partition coefficient (Wildman–Crippen LogP) is 1.95. The molecule has 0 radical (unpaired) electrons. The standard InChI is InChI=1S/C16H28N2O3/c1-3-9-15(19)17-11-5-7-13-21-14-8-6-12-18-16(20)10-4-2/h3-4,9-10H,5-8,11-14H2,1-2H3,(H,17,19)(H,18,20). The number of nitrogens with one attached hydrogen (secondary N) is 2. The highest BCUT2D eigenvalue weighted by atomic mass is 16.5. The molecule has 0 aliphatic heterocycles. The maximum Gasteiger partial charge on any atom is 0.243 e. The number of ether oxygens (including phenoxy) is 1. The molecule has 0 unspecified atom stereocenters. The zero-order valence-electron chi connectivity index (χ0n) is 13.2. The Morgan fingerprint density at radius 1 is 0.810 bits per heavy atom. The van der Waals surface area contributed by atoms with Gasteiger partial charge < -0.3 is 15.4 Å². The van der Waals surface area contributed by atoms with Crippen LogP contribution in [0.2, 0.25) is 0 Å². The number of unbranched alkanes of at least 4 members (excludes halogenated alkanes) is 2. The van der Waals surface area contributed by atoms with Crippen molar-refractivity contribution in [2.75, 3.05) is 26.3 Å². The topological polar surface area (TPSA) is 67.4 Å². The molecule has 0 saturated heterocycles. The molecule has 0 spiro atoms. The van der Waals surface area contributed by atoms with E-state index >= 15 is 0 Å². The summed E-state index contributed by atoms with van der Waals surface area (Å²) in [6, 6.07) is 0. The van der Waals surface area contributed by atoms with Crippen molar-refractivity contribution in [3.63, 3.8) is 0 Å². The van der Waals surface area contributed by atoms with Crippen LogP contribution in [0.4, 0.5) is 0 Å². The lowest BCUT2D eigenvalue weighted by molar-refractivity contribution is -0.117. The first-order chi connectivity index (χ1) is 10.2. The number of hydrogen-bond acceptors (Lipinski definition) is 3. The van der Waals surface area contributed by atoms with Crippen LogP contribution in [0.25, 0.3) is 0 Å². The molecule has 0 fully saturated rings. The molecule has 5 nitrogen and oxygen atoms in total. The summed E-state index contributed by atoms with van der Waals surface area (Å²) in [6.45, 7) is 6.43. The molecule has 0 aromatic carbocycles. The van der Waals surface area contributed by atoms with E-state index in [0.717, 1.165) is 25.7 Å². The van der Waals surface area contributed by atoms with Crippen molar-refractivity contribution in [2.24, 2.45) is 0 Å². The Morgan fingerprint density at radius 3 is 1.62 bits per heavy atom. The molecule has 0 atom stereocenters. The summed E-state index contributed by atoms with van der Waals surface area (Å²) in [5.74, 6) is -0.0863. The molecule has 2 amide bonds. The third-order valence-corrected chi connectivity index (χ3v) is 2.67. The Bertz CT molecular complexity index is 306. The van der Waals surface area contributed by atoms with Crippen molar-refractivity contribution in [1.82, 2.24) is 10.6 Å². The van der Waals surface area contributed by atoms with Crippen LogP contribution in [0.1, 0.15) is 39.5 Å². The second-order valence-corrected chi connectivity index (χ2v) is 4.61. The Labute approximate surface area is 127 Å². The van der Waals surface area contributed by atoms with Crippen LogP contribution in [0, 0.1) is 0 Å². The van der Waals surface area contributed by atoms with Crippen molar-refractivity contribution in [1.29, 1.82) is 0 Å². The van der Waals surface area contributed by atoms with Gasteiger partial charge in [-0.15, -0.1) is 0 Å². The van der Waals surface area contributed by atoms with Crippen LogP contribution in [-0.2, 0) is 14.3 Å². The van der Waals surface area contributed by atoms with Gasteiger partial charge in [0, 0.05) is 26.3 Å². The summed E-state index contributed by atoms with van der Waals surface area (Å²) in [5.41, 5.74) is 0. The van der Waals surface area contributed by atoms with E-state index in [1.165, 1.54) is 12.2 Å². The molecule has 0 rings (SSSR count). The van der Waals surface area contributed by atoms with Gasteiger partial charge >= 0.3 is 0 Å². The molecule has 21 heavy (non-hydrogen) atoms. The van der Waals surface area contributed by atoms with Gasteiger partial charge in [-0.3, -0.25) is 9.59 Å². The number of amides is 2. The van der Waals surface area contributed by atoms with Crippen LogP contribution < -0.4 is 10.6 Å². The monoisotopic (exact) mass is 296 g/mol. The molecule has 0 aromatic rings. The lowest BCUT2D eigenvalue weighted by Crippen LogP contribution is -2.22. The fraction of sp³-hybridized carbons (Fsp3) is 0.625. The van der Waals surface area contributed by atoms with Crippen molar-refractivity contribution >= 4 is 11.8 Å². The quantitative estimate of drug-likeness (QED) is 0.427. The number of rotatable bonds is 12. The summed E-state index contributed by atoms with van der Waals surface area (Å²) >= 11 is 0. The Balaban J connectivity index is 3.19. The fourth-order valence-corrected chi connectivity index (χ4v) is 1.60. The smallest absolute Gasteiger partial charge is 0.243 e. The summed E-state index contributed by atoms with van der Waals surface area (Å²) in [6.07, 6.45) is 10.2. The third-order valence-electron chi connectivity index (χ3n) is 2.67. The number of carbonyl (C=O) groups is 2. The zero-order valence-corrected chi connectivity index (χ0v) is 13.2. The van der Waals surface area contributed by atoms with Crippen molar-refractivity contribution < 1.29 is 14.3 Å². The number of allylic oxidation sites excluding steroid dienone is 2. The number of carbonyl (C=O) groups excluding carboxylic acids is 2. The summed E-state index contributed by atoms with van der Waals surface area (Å²) in [7, 11) is 0. The molecule has 0 saturated carbocycles. The maximum absolute atomic E-state index is 11.1. The highest BCUT2D eigenvalue weighted by molar-refractivity contribution is 5.87. The number of hydrogen-bond donors (Lipinski definition) is 2. The van der Waals surface area contributed by atoms with Crippen molar-refractivity contribution in [2.45, 2.75) is 39.5 Å². The van der Waals surface area contributed by atoms with Crippen molar-refractivity contribution in [3.05, 3.63) is 24.3 Å². The van der Waals surface area contributed by atoms with Gasteiger partial charge in [-0.1, -0.05) is 12.2 Å². The molecule has 5 heteroatoms. The van der Waals surface area contributed by atoms with Gasteiger partial charge in [0.2, 0.25) is 11.8 Å². The molecule has 2 N–H and O–H groups in total. The van der Waals surface area contributed by atoms with E-state index in [1.807, 2.05) is 13.8 Å². The van der Waals surface area contributed by atoms with Gasteiger partial charge in [0.25, 0.3) is 0 Å². The molecular formula is C16H28N2O3. The average Bonchev–Trinajstić information content (AvgIpc) is 2.45. The minimum atomic E-state index is -0.0432. The first-order valence-corrected chi connectivity index (χ1v) is 7.59. The fourth-order valence-electron chi connectivity index (χ4n) is 1.60. The van der Waals surface area contributed by atoms with Crippen molar-refractivity contribution in [3.8, 4) is 0 Å². The zero-order chi connectivity index (χ0) is 15.8. The lowest BCUT2D eigenvalue weighted by atomic mass is 10.3. The summed E-state index contributed by atoms with van der Waals surface area (Å²) in [5, 5.41) is 5.59. The molecular weight excluding hydrogens is 268 g/mol. The second kappa shape index (κ2) is 14.8. The first kappa shape index (κ1) is 19.4. The SMILES string of the molecule is CC=CC(=O)NCCCCOCCCCNC(=O)C=CC. The summed E-state index contributed by atoms with van der Waals surface area (Å²) in [4.78, 5) is 22.2. The minimum absolute atomic E-state index is 0.0432.